The highest BCUT2D eigenvalue weighted by molar-refractivity contribution is 7.89. The van der Waals surface area contributed by atoms with Crippen molar-refractivity contribution in [2.75, 3.05) is 26.3 Å². The summed E-state index contributed by atoms with van der Waals surface area (Å²) in [6.07, 6.45) is 0. The second-order valence-corrected chi connectivity index (χ2v) is 5.67. The highest BCUT2D eigenvalue weighted by Crippen LogP contribution is 2.10. The molecule has 0 radical (unpaired) electrons. The largest absolute Gasteiger partial charge is 0.379 e. The van der Waals surface area contributed by atoms with Crippen LogP contribution in [0.5, 0.6) is 0 Å². The van der Waals surface area contributed by atoms with Gasteiger partial charge in [0.25, 0.3) is 10.0 Å². The standard InChI is InChI=1S/C11H16N2O3S/c1-10-2-4-11(5-3-10)17(14,15)12-13-6-8-16-9-7-13/h2-5,12H,6-9H2,1H3. The van der Waals surface area contributed by atoms with E-state index in [1.807, 2.05) is 6.92 Å². The van der Waals surface area contributed by atoms with Gasteiger partial charge in [-0.3, -0.25) is 0 Å². The number of benzene rings is 1. The molecule has 1 aliphatic rings. The van der Waals surface area contributed by atoms with Crippen LogP contribution in [0, 0.1) is 6.92 Å². The Bertz CT molecular complexity index is 464. The molecule has 0 saturated carbocycles. The van der Waals surface area contributed by atoms with Gasteiger partial charge in [0, 0.05) is 13.1 Å². The van der Waals surface area contributed by atoms with E-state index in [9.17, 15) is 8.42 Å². The third-order valence-corrected chi connectivity index (χ3v) is 3.98. The van der Waals surface area contributed by atoms with E-state index >= 15 is 0 Å². The Morgan fingerprint density at radius 2 is 1.76 bits per heavy atom. The normalized spacial score (nSPS) is 18.2. The third kappa shape index (κ3) is 3.26. The van der Waals surface area contributed by atoms with Crippen LogP contribution < -0.4 is 4.83 Å². The molecule has 94 valence electrons. The first-order chi connectivity index (χ1) is 8.08. The molecule has 0 aromatic heterocycles. The number of hydrogen-bond donors (Lipinski definition) is 1. The zero-order valence-electron chi connectivity index (χ0n) is 9.72. The van der Waals surface area contributed by atoms with Crippen LogP contribution in [0.15, 0.2) is 29.2 Å². The lowest BCUT2D eigenvalue weighted by Gasteiger charge is -2.26. The van der Waals surface area contributed by atoms with Gasteiger partial charge in [-0.05, 0) is 19.1 Å². The fraction of sp³-hybridized carbons (Fsp3) is 0.455. The Kier molecular flexibility index (Phi) is 3.78. The number of hydrogen-bond acceptors (Lipinski definition) is 4. The maximum absolute atomic E-state index is 12.0. The van der Waals surface area contributed by atoms with Crippen LogP contribution in [-0.4, -0.2) is 39.7 Å². The van der Waals surface area contributed by atoms with Crippen LogP contribution >= 0.6 is 0 Å². The van der Waals surface area contributed by atoms with Crippen LogP contribution in [0.25, 0.3) is 0 Å². The summed E-state index contributed by atoms with van der Waals surface area (Å²) in [4.78, 5) is 2.84. The van der Waals surface area contributed by atoms with E-state index < -0.39 is 10.0 Å². The van der Waals surface area contributed by atoms with E-state index in [-0.39, 0.29) is 4.90 Å². The number of nitrogens with zero attached hydrogens (tertiary/aromatic N) is 1. The number of rotatable bonds is 3. The van der Waals surface area contributed by atoms with Crippen molar-refractivity contribution in [3.63, 3.8) is 0 Å². The van der Waals surface area contributed by atoms with Gasteiger partial charge in [-0.1, -0.05) is 17.7 Å². The SMILES string of the molecule is Cc1ccc(S(=O)(=O)NN2CCOCC2)cc1. The predicted octanol–water partition coefficient (Wildman–Crippen LogP) is 0.521. The molecular formula is C11H16N2O3S. The fourth-order valence-electron chi connectivity index (χ4n) is 1.59. The van der Waals surface area contributed by atoms with Crippen LogP contribution in [-0.2, 0) is 14.8 Å². The molecule has 1 saturated heterocycles. The molecule has 0 spiro atoms. The van der Waals surface area contributed by atoms with E-state index in [4.69, 9.17) is 4.74 Å². The van der Waals surface area contributed by atoms with Crippen molar-refractivity contribution in [2.24, 2.45) is 0 Å². The van der Waals surface area contributed by atoms with Gasteiger partial charge in [-0.15, -0.1) is 4.83 Å². The van der Waals surface area contributed by atoms with E-state index in [0.717, 1.165) is 5.56 Å². The second kappa shape index (κ2) is 5.14. The highest BCUT2D eigenvalue weighted by Gasteiger charge is 2.19. The molecule has 1 aliphatic heterocycles. The van der Waals surface area contributed by atoms with E-state index in [1.54, 1.807) is 29.3 Å². The van der Waals surface area contributed by atoms with E-state index in [1.165, 1.54) is 0 Å². The van der Waals surface area contributed by atoms with Crippen molar-refractivity contribution in [2.45, 2.75) is 11.8 Å². The van der Waals surface area contributed by atoms with Gasteiger partial charge >= 0.3 is 0 Å². The summed E-state index contributed by atoms with van der Waals surface area (Å²) in [5, 5.41) is 1.67. The molecule has 0 atom stereocenters. The Hall–Kier alpha value is -0.950. The highest BCUT2D eigenvalue weighted by atomic mass is 32.2. The monoisotopic (exact) mass is 256 g/mol. The van der Waals surface area contributed by atoms with Crippen molar-refractivity contribution in [1.29, 1.82) is 0 Å². The fourth-order valence-corrected chi connectivity index (χ4v) is 2.72. The summed E-state index contributed by atoms with van der Waals surface area (Å²) >= 11 is 0. The Labute approximate surface area is 101 Å². The molecule has 17 heavy (non-hydrogen) atoms. The smallest absolute Gasteiger partial charge is 0.253 e. The van der Waals surface area contributed by atoms with Crippen molar-refractivity contribution in [1.82, 2.24) is 9.84 Å². The van der Waals surface area contributed by atoms with Gasteiger partial charge in [-0.2, -0.15) is 0 Å². The molecule has 0 unspecified atom stereocenters. The molecule has 2 rings (SSSR count). The second-order valence-electron chi connectivity index (χ2n) is 4.01. The topological polar surface area (TPSA) is 58.6 Å². The van der Waals surface area contributed by atoms with Gasteiger partial charge in [0.05, 0.1) is 18.1 Å². The average Bonchev–Trinajstić information content (AvgIpc) is 2.30. The summed E-state index contributed by atoms with van der Waals surface area (Å²) < 4.78 is 29.2. The van der Waals surface area contributed by atoms with Crippen molar-refractivity contribution in [3.8, 4) is 0 Å². The van der Waals surface area contributed by atoms with Crippen molar-refractivity contribution >= 4 is 10.0 Å². The lowest BCUT2D eigenvalue weighted by molar-refractivity contribution is 0.0272. The lowest BCUT2D eigenvalue weighted by Crippen LogP contribution is -2.48. The summed E-state index contributed by atoms with van der Waals surface area (Å²) in [7, 11) is -3.46. The molecule has 1 aromatic rings. The van der Waals surface area contributed by atoms with Crippen LogP contribution in [0.4, 0.5) is 0 Å². The maximum atomic E-state index is 12.0. The number of morpholine rings is 1. The number of ether oxygens (including phenoxy) is 1. The zero-order valence-corrected chi connectivity index (χ0v) is 10.5. The first-order valence-electron chi connectivity index (χ1n) is 5.50. The molecule has 1 fully saturated rings. The third-order valence-electron chi connectivity index (χ3n) is 2.59. The Morgan fingerprint density at radius 1 is 1.18 bits per heavy atom. The number of aryl methyl sites for hydroxylation is 1. The molecule has 1 N–H and O–H groups in total. The number of sulfonamides is 1. The Morgan fingerprint density at radius 3 is 2.35 bits per heavy atom. The van der Waals surface area contributed by atoms with Crippen LogP contribution in [0.3, 0.4) is 0 Å². The minimum Gasteiger partial charge on any atom is -0.379 e. The molecule has 1 aromatic carbocycles. The predicted molar refractivity (Wildman–Crippen MR) is 63.9 cm³/mol. The van der Waals surface area contributed by atoms with Crippen LogP contribution in [0.2, 0.25) is 0 Å². The first-order valence-corrected chi connectivity index (χ1v) is 6.98. The maximum Gasteiger partial charge on any atom is 0.253 e. The lowest BCUT2D eigenvalue weighted by atomic mass is 10.2. The molecular weight excluding hydrogens is 240 g/mol. The summed E-state index contributed by atoms with van der Waals surface area (Å²) in [6, 6.07) is 6.79. The summed E-state index contributed by atoms with van der Waals surface area (Å²) in [6.45, 7) is 4.18. The summed E-state index contributed by atoms with van der Waals surface area (Å²) in [5.41, 5.74) is 1.04. The molecule has 0 amide bonds. The Balaban J connectivity index is 2.10. The molecule has 0 bridgehead atoms. The van der Waals surface area contributed by atoms with Crippen LogP contribution in [0.1, 0.15) is 5.56 Å². The zero-order chi connectivity index (χ0) is 12.3. The quantitative estimate of drug-likeness (QED) is 0.856. The minimum absolute atomic E-state index is 0.287. The molecule has 6 heteroatoms. The molecule has 5 nitrogen and oxygen atoms in total. The van der Waals surface area contributed by atoms with Gasteiger partial charge in [-0.25, -0.2) is 13.4 Å². The minimum atomic E-state index is -3.46. The van der Waals surface area contributed by atoms with Gasteiger partial charge in [0.15, 0.2) is 0 Å². The molecule has 1 heterocycles. The average molecular weight is 256 g/mol. The van der Waals surface area contributed by atoms with E-state index in [2.05, 4.69) is 4.83 Å². The number of hydrazine groups is 1. The summed E-state index contributed by atoms with van der Waals surface area (Å²) in [5.74, 6) is 0. The van der Waals surface area contributed by atoms with Gasteiger partial charge in [0.1, 0.15) is 0 Å². The van der Waals surface area contributed by atoms with E-state index in [0.29, 0.717) is 26.3 Å². The van der Waals surface area contributed by atoms with Gasteiger partial charge < -0.3 is 4.74 Å². The molecule has 0 aliphatic carbocycles. The van der Waals surface area contributed by atoms with Crippen molar-refractivity contribution in [3.05, 3.63) is 29.8 Å². The number of nitrogens with one attached hydrogen (secondary N) is 1. The van der Waals surface area contributed by atoms with Gasteiger partial charge in [0.2, 0.25) is 0 Å². The van der Waals surface area contributed by atoms with Crippen molar-refractivity contribution < 1.29 is 13.2 Å². The first kappa shape index (κ1) is 12.5.